The summed E-state index contributed by atoms with van der Waals surface area (Å²) in [5.41, 5.74) is 18.7. The standard InChI is InChI=1S/C51H41N/c1-34-31-39(45-23-14-18-37-17-8-9-19-43(37)45)32-35(2)50(34)52(41-29-30-47-46-22-12-13-24-48(46)51(3,4)49(47)33-41)40-27-25-38(26-28-40)44-21-11-10-20-42(44)36-15-6-5-7-16-36/h5-33H,1-4H3. The second-order valence-corrected chi connectivity index (χ2v) is 14.7. The lowest BCUT2D eigenvalue weighted by molar-refractivity contribution is 0.660. The molecule has 250 valence electrons. The average molecular weight is 668 g/mol. The van der Waals surface area contributed by atoms with Gasteiger partial charge in [-0.05, 0) is 128 Å². The summed E-state index contributed by atoms with van der Waals surface area (Å²) in [6, 6.07) is 64.6. The molecule has 0 N–H and O–H groups in total. The molecule has 9 rings (SSSR count). The molecule has 0 aliphatic heterocycles. The highest BCUT2D eigenvalue weighted by molar-refractivity contribution is 5.98. The van der Waals surface area contributed by atoms with Crippen LogP contribution in [-0.4, -0.2) is 0 Å². The maximum atomic E-state index is 2.48. The Morgan fingerprint density at radius 2 is 0.923 bits per heavy atom. The molecule has 0 atom stereocenters. The quantitative estimate of drug-likeness (QED) is 0.171. The van der Waals surface area contributed by atoms with E-state index in [-0.39, 0.29) is 5.41 Å². The molecule has 52 heavy (non-hydrogen) atoms. The maximum absolute atomic E-state index is 2.48. The van der Waals surface area contributed by atoms with Crippen LogP contribution < -0.4 is 4.90 Å². The zero-order valence-electron chi connectivity index (χ0n) is 30.2. The van der Waals surface area contributed by atoms with Crippen molar-refractivity contribution in [3.05, 3.63) is 198 Å². The van der Waals surface area contributed by atoms with Gasteiger partial charge >= 0.3 is 0 Å². The van der Waals surface area contributed by atoms with E-state index in [2.05, 4.69) is 209 Å². The van der Waals surface area contributed by atoms with Crippen molar-refractivity contribution in [1.29, 1.82) is 0 Å². The molecule has 1 aliphatic carbocycles. The fourth-order valence-electron chi connectivity index (χ4n) is 8.57. The van der Waals surface area contributed by atoms with Crippen molar-refractivity contribution < 1.29 is 0 Å². The highest BCUT2D eigenvalue weighted by Gasteiger charge is 2.36. The predicted molar refractivity (Wildman–Crippen MR) is 222 cm³/mol. The predicted octanol–water partition coefficient (Wildman–Crippen LogP) is 14.2. The first kappa shape index (κ1) is 31.8. The monoisotopic (exact) mass is 667 g/mol. The number of anilines is 3. The van der Waals surface area contributed by atoms with E-state index in [1.54, 1.807) is 0 Å². The molecule has 0 aromatic heterocycles. The first-order valence-electron chi connectivity index (χ1n) is 18.3. The molecule has 1 nitrogen and oxygen atoms in total. The average Bonchev–Trinajstić information content (AvgIpc) is 3.42. The van der Waals surface area contributed by atoms with Crippen molar-refractivity contribution in [2.75, 3.05) is 4.90 Å². The van der Waals surface area contributed by atoms with E-state index in [4.69, 9.17) is 0 Å². The Hall–Kier alpha value is -6.18. The molecule has 1 aliphatic rings. The van der Waals surface area contributed by atoms with Gasteiger partial charge in [0.05, 0.1) is 5.69 Å². The van der Waals surface area contributed by atoms with Gasteiger partial charge in [-0.2, -0.15) is 0 Å². The summed E-state index contributed by atoms with van der Waals surface area (Å²) in [7, 11) is 0. The Morgan fingerprint density at radius 3 is 1.65 bits per heavy atom. The van der Waals surface area contributed by atoms with Crippen LogP contribution in [0.4, 0.5) is 17.1 Å². The Kier molecular flexibility index (Phi) is 7.67. The number of nitrogens with zero attached hydrogens (tertiary/aromatic N) is 1. The van der Waals surface area contributed by atoms with Gasteiger partial charge in [0, 0.05) is 16.8 Å². The van der Waals surface area contributed by atoms with E-state index >= 15 is 0 Å². The van der Waals surface area contributed by atoms with Gasteiger partial charge in [0.2, 0.25) is 0 Å². The third-order valence-corrected chi connectivity index (χ3v) is 11.1. The van der Waals surface area contributed by atoms with Gasteiger partial charge in [-0.3, -0.25) is 0 Å². The molecule has 0 heterocycles. The molecular formula is C51H41N. The summed E-state index contributed by atoms with van der Waals surface area (Å²) in [4.78, 5) is 2.48. The summed E-state index contributed by atoms with van der Waals surface area (Å²) in [6.07, 6.45) is 0. The molecule has 0 spiro atoms. The van der Waals surface area contributed by atoms with Crippen molar-refractivity contribution in [3.8, 4) is 44.5 Å². The van der Waals surface area contributed by atoms with Gasteiger partial charge in [0.1, 0.15) is 0 Å². The summed E-state index contributed by atoms with van der Waals surface area (Å²) in [6.45, 7) is 9.25. The van der Waals surface area contributed by atoms with Gasteiger partial charge in [-0.15, -0.1) is 0 Å². The van der Waals surface area contributed by atoms with Crippen molar-refractivity contribution in [3.63, 3.8) is 0 Å². The smallest absolute Gasteiger partial charge is 0.0520 e. The summed E-state index contributed by atoms with van der Waals surface area (Å²) < 4.78 is 0. The molecular weight excluding hydrogens is 627 g/mol. The maximum Gasteiger partial charge on any atom is 0.0520 e. The lowest BCUT2D eigenvalue weighted by atomic mass is 9.82. The molecule has 0 saturated heterocycles. The second kappa shape index (κ2) is 12.5. The number of fused-ring (bicyclic) bond motifs is 4. The topological polar surface area (TPSA) is 3.24 Å². The first-order valence-corrected chi connectivity index (χ1v) is 18.3. The zero-order chi connectivity index (χ0) is 35.4. The van der Waals surface area contributed by atoms with Crippen LogP contribution >= 0.6 is 0 Å². The van der Waals surface area contributed by atoms with Gasteiger partial charge in [0.15, 0.2) is 0 Å². The van der Waals surface area contributed by atoms with Gasteiger partial charge in [-0.25, -0.2) is 0 Å². The summed E-state index contributed by atoms with van der Waals surface area (Å²) >= 11 is 0. The third kappa shape index (κ3) is 5.24. The van der Waals surface area contributed by atoms with E-state index in [9.17, 15) is 0 Å². The van der Waals surface area contributed by atoms with Crippen molar-refractivity contribution in [2.24, 2.45) is 0 Å². The van der Waals surface area contributed by atoms with E-state index in [1.165, 1.54) is 88.9 Å². The molecule has 0 amide bonds. The van der Waals surface area contributed by atoms with Crippen LogP contribution in [-0.2, 0) is 5.41 Å². The number of hydrogen-bond acceptors (Lipinski definition) is 1. The fraction of sp³-hybridized carbons (Fsp3) is 0.0980. The fourth-order valence-corrected chi connectivity index (χ4v) is 8.57. The SMILES string of the molecule is Cc1cc(-c2cccc3ccccc23)cc(C)c1N(c1ccc(-c2ccccc2-c2ccccc2)cc1)c1ccc2c(c1)C(C)(C)c1ccccc1-2. The number of aryl methyl sites for hydroxylation is 2. The third-order valence-electron chi connectivity index (χ3n) is 11.1. The molecule has 0 saturated carbocycles. The van der Waals surface area contributed by atoms with E-state index in [1.807, 2.05) is 0 Å². The van der Waals surface area contributed by atoms with Crippen LogP contribution in [0.3, 0.4) is 0 Å². The van der Waals surface area contributed by atoms with E-state index in [0.29, 0.717) is 0 Å². The lowest BCUT2D eigenvalue weighted by Gasteiger charge is -2.31. The highest BCUT2D eigenvalue weighted by atomic mass is 15.1. The molecule has 0 radical (unpaired) electrons. The van der Waals surface area contributed by atoms with Crippen LogP contribution in [0.15, 0.2) is 176 Å². The van der Waals surface area contributed by atoms with Crippen molar-refractivity contribution in [2.45, 2.75) is 33.1 Å². The molecule has 8 aromatic rings. The largest absolute Gasteiger partial charge is 0.310 e. The van der Waals surface area contributed by atoms with Crippen LogP contribution in [0.1, 0.15) is 36.1 Å². The van der Waals surface area contributed by atoms with Gasteiger partial charge < -0.3 is 4.90 Å². The highest BCUT2D eigenvalue weighted by Crippen LogP contribution is 2.51. The lowest BCUT2D eigenvalue weighted by Crippen LogP contribution is -2.17. The number of hydrogen-bond donors (Lipinski definition) is 0. The van der Waals surface area contributed by atoms with Crippen LogP contribution in [0.25, 0.3) is 55.3 Å². The van der Waals surface area contributed by atoms with Crippen LogP contribution in [0.5, 0.6) is 0 Å². The molecule has 0 unspecified atom stereocenters. The summed E-state index contributed by atoms with van der Waals surface area (Å²) in [5.74, 6) is 0. The summed E-state index contributed by atoms with van der Waals surface area (Å²) in [5, 5.41) is 2.54. The zero-order valence-corrected chi connectivity index (χ0v) is 30.2. The van der Waals surface area contributed by atoms with E-state index in [0.717, 1.165) is 5.69 Å². The van der Waals surface area contributed by atoms with Crippen LogP contribution in [0, 0.1) is 13.8 Å². The Bertz CT molecular complexity index is 2580. The van der Waals surface area contributed by atoms with Crippen molar-refractivity contribution in [1.82, 2.24) is 0 Å². The van der Waals surface area contributed by atoms with Crippen LogP contribution in [0.2, 0.25) is 0 Å². The number of rotatable bonds is 6. The second-order valence-electron chi connectivity index (χ2n) is 14.7. The molecule has 0 fully saturated rings. The minimum absolute atomic E-state index is 0.0963. The van der Waals surface area contributed by atoms with Crippen molar-refractivity contribution >= 4 is 27.8 Å². The Morgan fingerprint density at radius 1 is 0.385 bits per heavy atom. The normalized spacial score (nSPS) is 12.8. The number of benzene rings is 8. The Labute approximate surface area is 307 Å². The first-order chi connectivity index (χ1) is 25.4. The molecule has 8 aromatic carbocycles. The molecule has 1 heteroatoms. The van der Waals surface area contributed by atoms with E-state index < -0.39 is 0 Å². The molecule has 0 bridgehead atoms. The Balaban J connectivity index is 1.20. The van der Waals surface area contributed by atoms with Gasteiger partial charge in [-0.1, -0.05) is 153 Å². The van der Waals surface area contributed by atoms with Gasteiger partial charge in [0.25, 0.3) is 0 Å². The minimum atomic E-state index is -0.0963. The minimum Gasteiger partial charge on any atom is -0.310 e.